The van der Waals surface area contributed by atoms with Crippen LogP contribution in [0.3, 0.4) is 0 Å². The highest BCUT2D eigenvalue weighted by Gasteiger charge is 2.10. The fraction of sp³-hybridized carbons (Fsp3) is 0.111. The Morgan fingerprint density at radius 3 is 2.77 bits per heavy atom. The summed E-state index contributed by atoms with van der Waals surface area (Å²) in [4.78, 5) is 33.8. The molecule has 2 N–H and O–H groups in total. The van der Waals surface area contributed by atoms with Crippen molar-refractivity contribution in [3.8, 4) is 5.75 Å². The number of hydrogen-bond donors (Lipinski definition) is 2. The Kier molecular flexibility index (Phi) is 4.93. The topological polar surface area (TPSA) is 106 Å². The molecule has 0 saturated heterocycles. The van der Waals surface area contributed by atoms with Crippen molar-refractivity contribution in [3.63, 3.8) is 0 Å². The number of fused-ring (bicyclic) bond motifs is 1. The zero-order chi connectivity index (χ0) is 18.5. The molecule has 0 radical (unpaired) electrons. The van der Waals surface area contributed by atoms with Crippen LogP contribution in [0, 0.1) is 6.92 Å². The quantitative estimate of drug-likeness (QED) is 0.526. The lowest BCUT2D eigenvalue weighted by Gasteiger charge is -2.11. The average Bonchev–Trinajstić information content (AvgIpc) is 2.63. The third-order valence-corrected chi connectivity index (χ3v) is 3.52. The van der Waals surface area contributed by atoms with E-state index in [4.69, 9.17) is 4.84 Å². The molecule has 0 saturated carbocycles. The Hall–Kier alpha value is -3.68. The van der Waals surface area contributed by atoms with E-state index in [1.165, 1.54) is 18.3 Å². The highest BCUT2D eigenvalue weighted by molar-refractivity contribution is 5.83. The van der Waals surface area contributed by atoms with Crippen molar-refractivity contribution >= 4 is 23.0 Å². The first-order chi connectivity index (χ1) is 12.5. The maximum absolute atomic E-state index is 12.4. The van der Waals surface area contributed by atoms with Gasteiger partial charge in [0.15, 0.2) is 6.61 Å². The van der Waals surface area contributed by atoms with Gasteiger partial charge in [-0.1, -0.05) is 12.1 Å². The van der Waals surface area contributed by atoms with Gasteiger partial charge < -0.3 is 9.94 Å². The second-order valence-corrected chi connectivity index (χ2v) is 5.43. The predicted octanol–water partition coefficient (Wildman–Crippen LogP) is 0.989. The Labute approximate surface area is 148 Å². The number of para-hydroxylation sites is 1. The van der Waals surface area contributed by atoms with Gasteiger partial charge in [0.25, 0.3) is 11.5 Å². The standard InChI is InChI=1S/C18H16N4O4/c1-12-20-16-5-3-2-4-15(16)18(25)22(12)26-11-17(24)21-19-10-13-6-8-14(23)9-7-13/h2-10,23H,11H2,1H3,(H,21,24). The van der Waals surface area contributed by atoms with Gasteiger partial charge in [0.05, 0.1) is 17.1 Å². The average molecular weight is 352 g/mol. The number of rotatable bonds is 5. The summed E-state index contributed by atoms with van der Waals surface area (Å²) in [6, 6.07) is 13.2. The first-order valence-electron chi connectivity index (χ1n) is 7.77. The van der Waals surface area contributed by atoms with E-state index in [0.29, 0.717) is 22.3 Å². The second kappa shape index (κ2) is 7.47. The van der Waals surface area contributed by atoms with Crippen molar-refractivity contribution in [2.24, 2.45) is 5.10 Å². The van der Waals surface area contributed by atoms with Gasteiger partial charge >= 0.3 is 0 Å². The van der Waals surface area contributed by atoms with E-state index in [9.17, 15) is 14.7 Å². The molecule has 1 aromatic heterocycles. The molecule has 132 valence electrons. The van der Waals surface area contributed by atoms with Crippen LogP contribution in [-0.2, 0) is 4.79 Å². The maximum Gasteiger partial charge on any atom is 0.294 e. The molecule has 8 nitrogen and oxygen atoms in total. The van der Waals surface area contributed by atoms with Gasteiger partial charge in [0.1, 0.15) is 11.6 Å². The molecule has 3 aromatic rings. The molecule has 8 heteroatoms. The van der Waals surface area contributed by atoms with Crippen molar-refractivity contribution in [1.82, 2.24) is 15.1 Å². The number of hydrazone groups is 1. The number of aromatic nitrogens is 2. The van der Waals surface area contributed by atoms with Crippen molar-refractivity contribution in [2.75, 3.05) is 6.61 Å². The van der Waals surface area contributed by atoms with E-state index in [2.05, 4.69) is 15.5 Å². The number of hydrogen-bond acceptors (Lipinski definition) is 6. The van der Waals surface area contributed by atoms with Crippen LogP contribution < -0.4 is 15.8 Å². The monoisotopic (exact) mass is 352 g/mol. The van der Waals surface area contributed by atoms with Gasteiger partial charge in [-0.05, 0) is 48.9 Å². The van der Waals surface area contributed by atoms with E-state index < -0.39 is 12.5 Å². The molecule has 0 aliphatic heterocycles. The Balaban J connectivity index is 1.63. The number of carbonyl (C=O) groups excluding carboxylic acids is 1. The molecule has 1 heterocycles. The first-order valence-corrected chi connectivity index (χ1v) is 7.77. The van der Waals surface area contributed by atoms with Crippen LogP contribution in [0.15, 0.2) is 58.4 Å². The smallest absolute Gasteiger partial charge is 0.294 e. The molecule has 3 rings (SSSR count). The van der Waals surface area contributed by atoms with E-state index >= 15 is 0 Å². The molecule has 26 heavy (non-hydrogen) atoms. The molecule has 1 amide bonds. The zero-order valence-electron chi connectivity index (χ0n) is 13.9. The summed E-state index contributed by atoms with van der Waals surface area (Å²) in [5.74, 6) is -0.0435. The minimum Gasteiger partial charge on any atom is -0.508 e. The number of phenolic OH excluding ortho intramolecular Hbond substituents is 1. The summed E-state index contributed by atoms with van der Waals surface area (Å²) >= 11 is 0. The molecule has 2 aromatic carbocycles. The molecule has 0 unspecified atom stereocenters. The zero-order valence-corrected chi connectivity index (χ0v) is 13.9. The number of aromatic hydroxyl groups is 1. The van der Waals surface area contributed by atoms with Crippen LogP contribution in [0.1, 0.15) is 11.4 Å². The minimum atomic E-state index is -0.528. The second-order valence-electron chi connectivity index (χ2n) is 5.43. The van der Waals surface area contributed by atoms with Crippen molar-refractivity contribution in [2.45, 2.75) is 6.92 Å². The Bertz CT molecular complexity index is 1030. The van der Waals surface area contributed by atoms with Gasteiger partial charge in [-0.3, -0.25) is 9.59 Å². The van der Waals surface area contributed by atoms with E-state index in [0.717, 1.165) is 4.73 Å². The largest absolute Gasteiger partial charge is 0.508 e. The minimum absolute atomic E-state index is 0.143. The molecule has 0 spiro atoms. The third kappa shape index (κ3) is 3.86. The number of phenols is 1. The lowest BCUT2D eigenvalue weighted by Crippen LogP contribution is -2.35. The lowest BCUT2D eigenvalue weighted by molar-refractivity contribution is -0.126. The summed E-state index contributed by atoms with van der Waals surface area (Å²) in [5.41, 5.74) is 3.19. The fourth-order valence-electron chi connectivity index (χ4n) is 2.27. The SMILES string of the molecule is Cc1nc2ccccc2c(=O)n1OCC(=O)NN=Cc1ccc(O)cc1. The molecular weight excluding hydrogens is 336 g/mol. The first kappa shape index (κ1) is 17.2. The van der Waals surface area contributed by atoms with Crippen LogP contribution in [0.2, 0.25) is 0 Å². The number of nitrogens with zero attached hydrogens (tertiary/aromatic N) is 3. The molecular formula is C18H16N4O4. The molecule has 0 aliphatic rings. The Morgan fingerprint density at radius 2 is 2.00 bits per heavy atom. The fourth-order valence-corrected chi connectivity index (χ4v) is 2.27. The highest BCUT2D eigenvalue weighted by atomic mass is 16.7. The summed E-state index contributed by atoms with van der Waals surface area (Å²) in [6.07, 6.45) is 1.42. The molecule has 0 fully saturated rings. The predicted molar refractivity (Wildman–Crippen MR) is 96.0 cm³/mol. The summed E-state index contributed by atoms with van der Waals surface area (Å²) in [6.45, 7) is 1.22. The van der Waals surface area contributed by atoms with E-state index in [-0.39, 0.29) is 11.3 Å². The third-order valence-electron chi connectivity index (χ3n) is 3.52. The van der Waals surface area contributed by atoms with Gasteiger partial charge in [-0.25, -0.2) is 10.4 Å². The number of carbonyl (C=O) groups is 1. The highest BCUT2D eigenvalue weighted by Crippen LogP contribution is 2.08. The van der Waals surface area contributed by atoms with Crippen LogP contribution in [-0.4, -0.2) is 33.5 Å². The van der Waals surface area contributed by atoms with Gasteiger partial charge in [0.2, 0.25) is 0 Å². The molecule has 0 bridgehead atoms. The molecule has 0 atom stereocenters. The van der Waals surface area contributed by atoms with E-state index in [1.807, 2.05) is 0 Å². The maximum atomic E-state index is 12.4. The van der Waals surface area contributed by atoms with Crippen molar-refractivity contribution < 1.29 is 14.7 Å². The number of nitrogens with one attached hydrogen (secondary N) is 1. The van der Waals surface area contributed by atoms with Crippen LogP contribution in [0.25, 0.3) is 10.9 Å². The van der Waals surface area contributed by atoms with Crippen molar-refractivity contribution in [3.05, 3.63) is 70.3 Å². The van der Waals surface area contributed by atoms with Crippen LogP contribution >= 0.6 is 0 Å². The number of amides is 1. The summed E-state index contributed by atoms with van der Waals surface area (Å²) in [5, 5.41) is 13.4. The van der Waals surface area contributed by atoms with Gasteiger partial charge in [-0.15, -0.1) is 4.73 Å². The van der Waals surface area contributed by atoms with Crippen molar-refractivity contribution in [1.29, 1.82) is 0 Å². The lowest BCUT2D eigenvalue weighted by atomic mass is 10.2. The normalized spacial score (nSPS) is 11.0. The number of benzene rings is 2. The van der Waals surface area contributed by atoms with Gasteiger partial charge in [0, 0.05) is 0 Å². The van der Waals surface area contributed by atoms with Crippen LogP contribution in [0.5, 0.6) is 5.75 Å². The molecule has 0 aliphatic carbocycles. The number of aryl methyl sites for hydroxylation is 1. The summed E-state index contributed by atoms with van der Waals surface area (Å²) in [7, 11) is 0. The van der Waals surface area contributed by atoms with Crippen LogP contribution in [0.4, 0.5) is 0 Å². The van der Waals surface area contributed by atoms with Gasteiger partial charge in [-0.2, -0.15) is 5.10 Å². The Morgan fingerprint density at radius 1 is 1.27 bits per heavy atom. The van der Waals surface area contributed by atoms with E-state index in [1.54, 1.807) is 43.3 Å². The summed E-state index contributed by atoms with van der Waals surface area (Å²) < 4.78 is 0.992.